The highest BCUT2D eigenvalue weighted by molar-refractivity contribution is 5.81. The van der Waals surface area contributed by atoms with E-state index >= 15 is 0 Å². The second kappa shape index (κ2) is 11.5. The first-order valence-corrected chi connectivity index (χ1v) is 11.7. The van der Waals surface area contributed by atoms with Gasteiger partial charge in [-0.3, -0.25) is 14.7 Å². The number of likely N-dealkylation sites (tertiary alicyclic amines) is 1. The van der Waals surface area contributed by atoms with E-state index in [2.05, 4.69) is 62.8 Å². The van der Waals surface area contributed by atoms with Crippen molar-refractivity contribution in [2.24, 2.45) is 10.9 Å². The fraction of sp³-hybridized carbons (Fsp3) is 0.667. The Hall–Kier alpha value is -2.12. The number of amides is 1. The molecule has 2 saturated heterocycles. The Morgan fingerprint density at radius 3 is 2.65 bits per heavy atom. The van der Waals surface area contributed by atoms with Gasteiger partial charge in [0.1, 0.15) is 0 Å². The van der Waals surface area contributed by atoms with Crippen LogP contribution >= 0.6 is 0 Å². The number of piperazine rings is 1. The number of hydrogen-bond donors (Lipinski definition) is 2. The summed E-state index contributed by atoms with van der Waals surface area (Å²) in [4.78, 5) is 23.6. The van der Waals surface area contributed by atoms with Crippen LogP contribution in [-0.2, 0) is 4.79 Å². The maximum atomic E-state index is 12.2. The van der Waals surface area contributed by atoms with Gasteiger partial charge in [-0.15, -0.1) is 0 Å². The molecule has 2 unspecified atom stereocenters. The number of carbonyl (C=O) groups excluding carboxylic acids is 1. The predicted molar refractivity (Wildman–Crippen MR) is 127 cm³/mol. The van der Waals surface area contributed by atoms with Gasteiger partial charge in [0.15, 0.2) is 5.96 Å². The molecule has 0 radical (unpaired) electrons. The summed E-state index contributed by atoms with van der Waals surface area (Å²) in [5.74, 6) is 1.14. The maximum absolute atomic E-state index is 12.2. The molecule has 0 aliphatic carbocycles. The minimum Gasteiger partial charge on any atom is -0.356 e. The largest absolute Gasteiger partial charge is 0.356 e. The summed E-state index contributed by atoms with van der Waals surface area (Å²) in [6, 6.07) is 11.6. The summed E-state index contributed by atoms with van der Waals surface area (Å²) in [5.41, 5.74) is 1.40. The highest BCUT2D eigenvalue weighted by Gasteiger charge is 2.28. The molecule has 0 saturated carbocycles. The van der Waals surface area contributed by atoms with Gasteiger partial charge in [-0.1, -0.05) is 44.2 Å². The lowest BCUT2D eigenvalue weighted by Crippen LogP contribution is -2.48. The van der Waals surface area contributed by atoms with Crippen molar-refractivity contribution in [3.63, 3.8) is 0 Å². The Morgan fingerprint density at radius 1 is 1.16 bits per heavy atom. The third-order valence-electron chi connectivity index (χ3n) is 6.35. The number of benzene rings is 1. The molecule has 2 aliphatic heterocycles. The Kier molecular flexibility index (Phi) is 8.72. The van der Waals surface area contributed by atoms with Crippen LogP contribution in [0.25, 0.3) is 0 Å². The van der Waals surface area contributed by atoms with E-state index in [0.717, 1.165) is 64.6 Å². The average molecular weight is 429 g/mol. The molecule has 0 bridgehead atoms. The molecular formula is C24H40N6O. The Balaban J connectivity index is 1.42. The minimum absolute atomic E-state index is 0.0606. The lowest BCUT2D eigenvalue weighted by Gasteiger charge is -2.40. The summed E-state index contributed by atoms with van der Waals surface area (Å²) in [5, 5.41) is 6.96. The van der Waals surface area contributed by atoms with Gasteiger partial charge in [0.2, 0.25) is 5.91 Å². The first-order valence-electron chi connectivity index (χ1n) is 11.7. The third kappa shape index (κ3) is 6.68. The molecule has 2 heterocycles. The van der Waals surface area contributed by atoms with Crippen molar-refractivity contribution in [1.82, 2.24) is 25.3 Å². The van der Waals surface area contributed by atoms with Gasteiger partial charge in [-0.05, 0) is 25.5 Å². The van der Waals surface area contributed by atoms with E-state index in [4.69, 9.17) is 0 Å². The zero-order valence-corrected chi connectivity index (χ0v) is 19.7. The Labute approximate surface area is 187 Å². The first kappa shape index (κ1) is 23.5. The second-order valence-electron chi connectivity index (χ2n) is 9.15. The van der Waals surface area contributed by atoms with Gasteiger partial charge in [0.25, 0.3) is 0 Å². The van der Waals surface area contributed by atoms with Crippen molar-refractivity contribution in [3.05, 3.63) is 35.9 Å². The van der Waals surface area contributed by atoms with Gasteiger partial charge < -0.3 is 20.4 Å². The summed E-state index contributed by atoms with van der Waals surface area (Å²) in [7, 11) is 4.02. The molecule has 0 spiro atoms. The van der Waals surface area contributed by atoms with Crippen LogP contribution in [0, 0.1) is 5.92 Å². The van der Waals surface area contributed by atoms with E-state index in [1.165, 1.54) is 5.56 Å². The fourth-order valence-electron chi connectivity index (χ4n) is 4.54. The molecule has 7 nitrogen and oxygen atoms in total. The number of guanidine groups is 1. The van der Waals surface area contributed by atoms with Gasteiger partial charge in [0.05, 0.1) is 0 Å². The topological polar surface area (TPSA) is 63.2 Å². The number of nitrogens with zero attached hydrogens (tertiary/aromatic N) is 4. The first-order chi connectivity index (χ1) is 15.0. The number of carbonyl (C=O) groups is 1. The quantitative estimate of drug-likeness (QED) is 0.394. The Bertz CT molecular complexity index is 722. The van der Waals surface area contributed by atoms with E-state index in [9.17, 15) is 4.79 Å². The lowest BCUT2D eigenvalue weighted by molar-refractivity contribution is -0.133. The minimum atomic E-state index is 0.0606. The van der Waals surface area contributed by atoms with Crippen LogP contribution in [0.1, 0.15) is 38.3 Å². The molecule has 2 atom stereocenters. The molecule has 1 aromatic carbocycles. The summed E-state index contributed by atoms with van der Waals surface area (Å²) < 4.78 is 0. The van der Waals surface area contributed by atoms with Crippen molar-refractivity contribution in [1.29, 1.82) is 0 Å². The van der Waals surface area contributed by atoms with E-state index < -0.39 is 0 Å². The highest BCUT2D eigenvalue weighted by atomic mass is 16.2. The van der Waals surface area contributed by atoms with Crippen molar-refractivity contribution in [3.8, 4) is 0 Å². The molecule has 2 fully saturated rings. The zero-order chi connectivity index (χ0) is 22.2. The van der Waals surface area contributed by atoms with Crippen molar-refractivity contribution < 1.29 is 4.79 Å². The van der Waals surface area contributed by atoms with Crippen LogP contribution in [0.3, 0.4) is 0 Å². The zero-order valence-electron chi connectivity index (χ0n) is 19.7. The summed E-state index contributed by atoms with van der Waals surface area (Å²) >= 11 is 0. The van der Waals surface area contributed by atoms with Crippen molar-refractivity contribution >= 4 is 11.9 Å². The van der Waals surface area contributed by atoms with Crippen LogP contribution in [-0.4, -0.2) is 92.5 Å². The predicted octanol–water partition coefficient (Wildman–Crippen LogP) is 1.79. The molecule has 172 valence electrons. The van der Waals surface area contributed by atoms with Gasteiger partial charge >= 0.3 is 0 Å². The number of nitrogens with one attached hydrogen (secondary N) is 2. The van der Waals surface area contributed by atoms with Gasteiger partial charge in [0, 0.05) is 70.9 Å². The third-order valence-corrected chi connectivity index (χ3v) is 6.35. The molecule has 3 rings (SSSR count). The van der Waals surface area contributed by atoms with E-state index in [1.807, 2.05) is 25.8 Å². The lowest BCUT2D eigenvalue weighted by atomic mass is 10.0. The smallest absolute Gasteiger partial charge is 0.225 e. The van der Waals surface area contributed by atoms with Gasteiger partial charge in [-0.25, -0.2) is 0 Å². The van der Waals surface area contributed by atoms with Crippen molar-refractivity contribution in [2.75, 3.05) is 59.9 Å². The van der Waals surface area contributed by atoms with Crippen LogP contribution < -0.4 is 10.6 Å². The fourth-order valence-corrected chi connectivity index (χ4v) is 4.54. The van der Waals surface area contributed by atoms with Crippen molar-refractivity contribution in [2.45, 2.75) is 38.8 Å². The average Bonchev–Trinajstić information content (AvgIpc) is 3.25. The number of likely N-dealkylation sites (N-methyl/N-ethyl adjacent to an activating group) is 1. The van der Waals surface area contributed by atoms with Crippen LogP contribution in [0.5, 0.6) is 0 Å². The molecule has 7 heteroatoms. The standard InChI is InChI=1S/C24H40N6O/c1-19(2)23(31)30-14-11-21(17-30)27-24(25-3)26-12-8-13-29-16-15-28(4)18-22(29)20-9-6-5-7-10-20/h5-7,9-10,19,21-22H,8,11-18H2,1-4H3,(H2,25,26,27). The monoisotopic (exact) mass is 428 g/mol. The Morgan fingerprint density at radius 2 is 1.94 bits per heavy atom. The molecule has 1 amide bonds. The summed E-state index contributed by atoms with van der Waals surface area (Å²) in [6.45, 7) is 10.8. The molecule has 2 N–H and O–H groups in total. The van der Waals surface area contributed by atoms with Crippen LogP contribution in [0.15, 0.2) is 35.3 Å². The number of hydrogen-bond acceptors (Lipinski definition) is 4. The van der Waals surface area contributed by atoms with Gasteiger partial charge in [-0.2, -0.15) is 0 Å². The van der Waals surface area contributed by atoms with E-state index in [0.29, 0.717) is 6.04 Å². The molecule has 2 aliphatic rings. The second-order valence-corrected chi connectivity index (χ2v) is 9.15. The summed E-state index contributed by atoms with van der Waals surface area (Å²) in [6.07, 6.45) is 2.04. The highest BCUT2D eigenvalue weighted by Crippen LogP contribution is 2.24. The molecule has 31 heavy (non-hydrogen) atoms. The van der Waals surface area contributed by atoms with E-state index in [-0.39, 0.29) is 17.9 Å². The number of aliphatic imine (C=N–C) groups is 1. The van der Waals surface area contributed by atoms with Crippen LogP contribution in [0.2, 0.25) is 0 Å². The SMILES string of the molecule is CN=C(NCCCN1CCN(C)CC1c1ccccc1)NC1CCN(C(=O)C(C)C)C1. The molecular weight excluding hydrogens is 388 g/mol. The normalized spacial score (nSPS) is 23.4. The molecule has 0 aromatic heterocycles. The van der Waals surface area contributed by atoms with Crippen LogP contribution in [0.4, 0.5) is 0 Å². The maximum Gasteiger partial charge on any atom is 0.225 e. The molecule has 1 aromatic rings. The van der Waals surface area contributed by atoms with E-state index in [1.54, 1.807) is 0 Å². The number of rotatable bonds is 7.